The van der Waals surface area contributed by atoms with Crippen molar-refractivity contribution < 1.29 is 9.53 Å². The predicted octanol–water partition coefficient (Wildman–Crippen LogP) is 1.52. The molecule has 1 saturated heterocycles. The highest BCUT2D eigenvalue weighted by Crippen LogP contribution is 2.06. The SMILES string of the molecule is CCCN1CCN(CC=C(CC)C(=O)OC)CC1. The summed E-state index contributed by atoms with van der Waals surface area (Å²) in [6.07, 6.45) is 3.98. The van der Waals surface area contributed by atoms with Gasteiger partial charge in [-0.15, -0.1) is 0 Å². The highest BCUT2D eigenvalue weighted by molar-refractivity contribution is 5.88. The molecule has 0 atom stereocenters. The van der Waals surface area contributed by atoms with E-state index in [1.807, 2.05) is 13.0 Å². The van der Waals surface area contributed by atoms with Gasteiger partial charge in [0.05, 0.1) is 7.11 Å². The number of ether oxygens (including phenoxy) is 1. The number of esters is 1. The first-order valence-electron chi connectivity index (χ1n) is 6.93. The molecule has 0 aromatic carbocycles. The lowest BCUT2D eigenvalue weighted by atomic mass is 10.2. The Morgan fingerprint density at radius 2 is 1.78 bits per heavy atom. The van der Waals surface area contributed by atoms with E-state index in [4.69, 9.17) is 4.74 Å². The minimum absolute atomic E-state index is 0.192. The van der Waals surface area contributed by atoms with Crippen LogP contribution in [-0.2, 0) is 9.53 Å². The second kappa shape index (κ2) is 8.27. The van der Waals surface area contributed by atoms with Crippen molar-refractivity contribution in [3.63, 3.8) is 0 Å². The Kier molecular flexibility index (Phi) is 6.98. The molecule has 4 heteroatoms. The molecule has 0 unspecified atom stereocenters. The van der Waals surface area contributed by atoms with E-state index in [2.05, 4.69) is 16.7 Å². The van der Waals surface area contributed by atoms with E-state index in [1.165, 1.54) is 20.1 Å². The van der Waals surface area contributed by atoms with Crippen molar-refractivity contribution in [1.82, 2.24) is 9.80 Å². The molecule has 0 aromatic rings. The zero-order chi connectivity index (χ0) is 13.4. The summed E-state index contributed by atoms with van der Waals surface area (Å²) in [6, 6.07) is 0. The van der Waals surface area contributed by atoms with Crippen LogP contribution in [-0.4, -0.2) is 62.1 Å². The second-order valence-electron chi connectivity index (χ2n) is 4.72. The fourth-order valence-corrected chi connectivity index (χ4v) is 2.25. The summed E-state index contributed by atoms with van der Waals surface area (Å²) in [4.78, 5) is 16.3. The molecular weight excluding hydrogens is 228 g/mol. The average Bonchev–Trinajstić information content (AvgIpc) is 2.41. The number of carbonyl (C=O) groups excluding carboxylic acids is 1. The van der Waals surface area contributed by atoms with Gasteiger partial charge in [-0.3, -0.25) is 4.90 Å². The molecule has 0 aromatic heterocycles. The first-order valence-corrected chi connectivity index (χ1v) is 6.93. The fourth-order valence-electron chi connectivity index (χ4n) is 2.25. The van der Waals surface area contributed by atoms with Crippen LogP contribution in [0.3, 0.4) is 0 Å². The van der Waals surface area contributed by atoms with Gasteiger partial charge in [0, 0.05) is 38.3 Å². The molecule has 4 nitrogen and oxygen atoms in total. The minimum Gasteiger partial charge on any atom is -0.466 e. The van der Waals surface area contributed by atoms with Crippen molar-refractivity contribution in [2.75, 3.05) is 46.4 Å². The van der Waals surface area contributed by atoms with Gasteiger partial charge in [0.1, 0.15) is 0 Å². The molecule has 0 bridgehead atoms. The Bertz CT molecular complexity index is 282. The molecule has 1 rings (SSSR count). The van der Waals surface area contributed by atoms with E-state index >= 15 is 0 Å². The van der Waals surface area contributed by atoms with Crippen LogP contribution in [0.4, 0.5) is 0 Å². The van der Waals surface area contributed by atoms with E-state index in [-0.39, 0.29) is 5.97 Å². The third-order valence-corrected chi connectivity index (χ3v) is 3.43. The molecule has 1 aliphatic rings. The number of hydrogen-bond donors (Lipinski definition) is 0. The highest BCUT2D eigenvalue weighted by Gasteiger charge is 2.15. The van der Waals surface area contributed by atoms with Gasteiger partial charge >= 0.3 is 5.97 Å². The fraction of sp³-hybridized carbons (Fsp3) is 0.786. The van der Waals surface area contributed by atoms with E-state index in [0.29, 0.717) is 0 Å². The molecule has 0 saturated carbocycles. The van der Waals surface area contributed by atoms with Crippen molar-refractivity contribution in [3.05, 3.63) is 11.6 Å². The van der Waals surface area contributed by atoms with Crippen LogP contribution in [0, 0.1) is 0 Å². The summed E-state index contributed by atoms with van der Waals surface area (Å²) in [5, 5.41) is 0. The monoisotopic (exact) mass is 254 g/mol. The standard InChI is InChI=1S/C14H26N2O2/c1-4-7-15-9-11-16(12-10-15)8-6-13(5-2)14(17)18-3/h6H,4-5,7-12H2,1-3H3. The van der Waals surface area contributed by atoms with Gasteiger partial charge in [0.25, 0.3) is 0 Å². The maximum absolute atomic E-state index is 11.4. The molecule has 0 radical (unpaired) electrons. The summed E-state index contributed by atoms with van der Waals surface area (Å²) >= 11 is 0. The van der Waals surface area contributed by atoms with Crippen LogP contribution in [0.25, 0.3) is 0 Å². The van der Waals surface area contributed by atoms with Crippen molar-refractivity contribution in [1.29, 1.82) is 0 Å². The summed E-state index contributed by atoms with van der Waals surface area (Å²) in [6.45, 7) is 10.7. The normalized spacial score (nSPS) is 18.9. The predicted molar refractivity (Wildman–Crippen MR) is 73.6 cm³/mol. The molecule has 18 heavy (non-hydrogen) atoms. The second-order valence-corrected chi connectivity index (χ2v) is 4.72. The number of hydrogen-bond acceptors (Lipinski definition) is 4. The summed E-state index contributed by atoms with van der Waals surface area (Å²) in [5.41, 5.74) is 0.786. The summed E-state index contributed by atoms with van der Waals surface area (Å²) < 4.78 is 4.76. The maximum atomic E-state index is 11.4. The Hall–Kier alpha value is -0.870. The number of methoxy groups -OCH3 is 1. The van der Waals surface area contributed by atoms with Crippen molar-refractivity contribution in [3.8, 4) is 0 Å². The smallest absolute Gasteiger partial charge is 0.333 e. The largest absolute Gasteiger partial charge is 0.466 e. The van der Waals surface area contributed by atoms with E-state index in [1.54, 1.807) is 0 Å². The van der Waals surface area contributed by atoms with Crippen LogP contribution in [0.2, 0.25) is 0 Å². The molecule has 0 N–H and O–H groups in total. The van der Waals surface area contributed by atoms with Gasteiger partial charge in [0.15, 0.2) is 0 Å². The number of rotatable bonds is 6. The van der Waals surface area contributed by atoms with Gasteiger partial charge in [-0.05, 0) is 19.4 Å². The third kappa shape index (κ3) is 4.78. The number of piperazine rings is 1. The molecule has 0 spiro atoms. The lowest BCUT2D eigenvalue weighted by Gasteiger charge is -2.34. The molecule has 1 heterocycles. The zero-order valence-corrected chi connectivity index (χ0v) is 11.9. The Labute approximate surface area is 111 Å². The quantitative estimate of drug-likeness (QED) is 0.531. The third-order valence-electron chi connectivity index (χ3n) is 3.43. The van der Waals surface area contributed by atoms with Crippen LogP contribution in [0.5, 0.6) is 0 Å². The summed E-state index contributed by atoms with van der Waals surface area (Å²) in [7, 11) is 1.44. The van der Waals surface area contributed by atoms with E-state index in [9.17, 15) is 4.79 Å². The number of carbonyl (C=O) groups is 1. The molecule has 1 fully saturated rings. The Balaban J connectivity index is 2.36. The maximum Gasteiger partial charge on any atom is 0.333 e. The molecule has 0 amide bonds. The van der Waals surface area contributed by atoms with Gasteiger partial charge in [-0.2, -0.15) is 0 Å². The lowest BCUT2D eigenvalue weighted by molar-refractivity contribution is -0.136. The first kappa shape index (κ1) is 15.2. The number of nitrogens with zero attached hydrogens (tertiary/aromatic N) is 2. The van der Waals surface area contributed by atoms with Crippen LogP contribution >= 0.6 is 0 Å². The van der Waals surface area contributed by atoms with Gasteiger partial charge in [-0.25, -0.2) is 4.79 Å². The molecule has 104 valence electrons. The molecule has 0 aliphatic carbocycles. The Morgan fingerprint density at radius 1 is 1.17 bits per heavy atom. The highest BCUT2D eigenvalue weighted by atomic mass is 16.5. The van der Waals surface area contributed by atoms with Gasteiger partial charge in [-0.1, -0.05) is 19.9 Å². The van der Waals surface area contributed by atoms with Gasteiger partial charge in [0.2, 0.25) is 0 Å². The molecular formula is C14H26N2O2. The van der Waals surface area contributed by atoms with Crippen LogP contribution in [0.15, 0.2) is 11.6 Å². The van der Waals surface area contributed by atoms with Crippen molar-refractivity contribution >= 4 is 5.97 Å². The van der Waals surface area contributed by atoms with E-state index < -0.39 is 0 Å². The van der Waals surface area contributed by atoms with Crippen LogP contribution < -0.4 is 0 Å². The zero-order valence-electron chi connectivity index (χ0n) is 11.9. The van der Waals surface area contributed by atoms with Crippen molar-refractivity contribution in [2.45, 2.75) is 26.7 Å². The van der Waals surface area contributed by atoms with Crippen LogP contribution in [0.1, 0.15) is 26.7 Å². The Morgan fingerprint density at radius 3 is 2.28 bits per heavy atom. The minimum atomic E-state index is -0.192. The average molecular weight is 254 g/mol. The first-order chi connectivity index (χ1) is 8.71. The topological polar surface area (TPSA) is 32.8 Å². The van der Waals surface area contributed by atoms with Crippen molar-refractivity contribution in [2.24, 2.45) is 0 Å². The molecule has 1 aliphatic heterocycles. The van der Waals surface area contributed by atoms with Gasteiger partial charge < -0.3 is 9.64 Å². The lowest BCUT2D eigenvalue weighted by Crippen LogP contribution is -2.46. The summed E-state index contributed by atoms with van der Waals surface area (Å²) in [5.74, 6) is -0.192. The van der Waals surface area contributed by atoms with E-state index in [0.717, 1.165) is 44.7 Å².